The third kappa shape index (κ3) is 4.63. The molecule has 0 bridgehead atoms. The Morgan fingerprint density at radius 1 is 1.08 bits per heavy atom. The summed E-state index contributed by atoms with van der Waals surface area (Å²) in [7, 11) is 4.67. The van der Waals surface area contributed by atoms with E-state index in [1.807, 2.05) is 0 Å². The zero-order valence-electron chi connectivity index (χ0n) is 15.9. The molecular weight excluding hydrogens is 337 g/mol. The zero-order valence-corrected chi connectivity index (χ0v) is 16.9. The Hall–Kier alpha value is -1.89. The van der Waals surface area contributed by atoms with Crippen LogP contribution in [0.3, 0.4) is 0 Å². The van der Waals surface area contributed by atoms with Gasteiger partial charge in [0.05, 0.1) is 0 Å². The zero-order chi connectivity index (χ0) is 18.5. The van der Waals surface area contributed by atoms with Crippen molar-refractivity contribution < 1.29 is 5.11 Å². The molecule has 2 atom stereocenters. The van der Waals surface area contributed by atoms with Gasteiger partial charge in [-0.25, -0.2) is 0 Å². The molecule has 2 aromatic rings. The smallest absolute Gasteiger partial charge is 0.126 e. The van der Waals surface area contributed by atoms with E-state index < -0.39 is 0 Å². The summed E-state index contributed by atoms with van der Waals surface area (Å²) in [6.45, 7) is 3.09. The number of nitrogens with zero attached hydrogens (tertiary/aromatic N) is 1. The van der Waals surface area contributed by atoms with Gasteiger partial charge < -0.3 is 10.0 Å². The van der Waals surface area contributed by atoms with Crippen molar-refractivity contribution in [3.8, 4) is 5.75 Å². The minimum atomic E-state index is 0.473. The minimum Gasteiger partial charge on any atom is -0.507 e. The van der Waals surface area contributed by atoms with Gasteiger partial charge in [0.2, 0.25) is 0 Å². The van der Waals surface area contributed by atoms with E-state index in [2.05, 4.69) is 86.6 Å². The van der Waals surface area contributed by atoms with Crippen molar-refractivity contribution in [2.24, 2.45) is 5.92 Å². The van der Waals surface area contributed by atoms with Crippen LogP contribution in [0.15, 0.2) is 60.7 Å². The Balaban J connectivity index is 1.86. The molecule has 0 fully saturated rings. The molecule has 0 radical (unpaired) electrons. The fraction of sp³-hybridized carbons (Fsp3) is 0.304. The Labute approximate surface area is 159 Å². The maximum absolute atomic E-state index is 10.9. The van der Waals surface area contributed by atoms with Crippen molar-refractivity contribution in [3.63, 3.8) is 0 Å². The van der Waals surface area contributed by atoms with Crippen LogP contribution < -0.4 is 10.6 Å². The molecule has 1 aliphatic rings. The molecule has 0 saturated carbocycles. The van der Waals surface area contributed by atoms with Crippen LogP contribution in [0.5, 0.6) is 5.75 Å². The van der Waals surface area contributed by atoms with Gasteiger partial charge in [0.15, 0.2) is 0 Å². The first-order chi connectivity index (χ1) is 12.5. The van der Waals surface area contributed by atoms with Crippen LogP contribution >= 0.6 is 8.58 Å². The number of aromatic hydroxyl groups is 1. The molecule has 2 nitrogen and oxygen atoms in total. The van der Waals surface area contributed by atoms with E-state index in [1.54, 1.807) is 0 Å². The number of hydrogen-bond donors (Lipinski definition) is 1. The Morgan fingerprint density at radius 3 is 2.58 bits per heavy atom. The lowest BCUT2D eigenvalue weighted by molar-refractivity contribution is 0.403. The van der Waals surface area contributed by atoms with Gasteiger partial charge in [-0.1, -0.05) is 69.3 Å². The van der Waals surface area contributed by atoms with E-state index in [0.29, 0.717) is 20.2 Å². The first-order valence-electron chi connectivity index (χ1n) is 9.19. The monoisotopic (exact) mass is 365 g/mol. The maximum Gasteiger partial charge on any atom is 0.126 e. The van der Waals surface area contributed by atoms with Crippen LogP contribution in [0.25, 0.3) is 0 Å². The maximum atomic E-state index is 10.9. The van der Waals surface area contributed by atoms with Crippen molar-refractivity contribution in [3.05, 3.63) is 77.4 Å². The standard InChI is InChI=1S/C23H28NOP/c1-17-9-7-13-20(16-24(2)3)23(17)26-21-14-8-12-19(22(21)25)15-18-10-5-4-6-11-18/h4-10,12-14,18,25-26H,11,15-16H2,1-3H3. The second-order valence-corrected chi connectivity index (χ2v) is 8.59. The van der Waals surface area contributed by atoms with Crippen LogP contribution in [-0.2, 0) is 13.0 Å². The molecule has 3 rings (SSSR count). The summed E-state index contributed by atoms with van der Waals surface area (Å²) in [4.78, 5) is 2.20. The SMILES string of the molecule is Cc1cccc(CN(C)C)c1Pc1cccc(CC2C=CC=CC2)c1O. The van der Waals surface area contributed by atoms with Crippen LogP contribution in [0, 0.1) is 12.8 Å². The molecule has 3 heteroatoms. The highest BCUT2D eigenvalue weighted by Crippen LogP contribution is 2.28. The molecule has 136 valence electrons. The number of rotatable bonds is 6. The van der Waals surface area contributed by atoms with Crippen molar-refractivity contribution in [2.45, 2.75) is 26.3 Å². The summed E-state index contributed by atoms with van der Waals surface area (Å²) in [6, 6.07) is 12.7. The first kappa shape index (κ1) is 18.9. The topological polar surface area (TPSA) is 23.5 Å². The Morgan fingerprint density at radius 2 is 1.85 bits per heavy atom. The van der Waals surface area contributed by atoms with Gasteiger partial charge in [-0.3, -0.25) is 0 Å². The molecule has 26 heavy (non-hydrogen) atoms. The lowest BCUT2D eigenvalue weighted by atomic mass is 9.93. The summed E-state index contributed by atoms with van der Waals surface area (Å²) in [5, 5.41) is 13.3. The summed E-state index contributed by atoms with van der Waals surface area (Å²) in [5.41, 5.74) is 3.70. The number of benzene rings is 2. The van der Waals surface area contributed by atoms with E-state index in [9.17, 15) is 5.11 Å². The van der Waals surface area contributed by atoms with Crippen LogP contribution in [-0.4, -0.2) is 24.1 Å². The number of allylic oxidation sites excluding steroid dienone is 4. The second kappa shape index (κ2) is 8.66. The average molecular weight is 365 g/mol. The predicted octanol–water partition coefficient (Wildman–Crippen LogP) is 4.07. The van der Waals surface area contributed by atoms with E-state index in [0.717, 1.165) is 30.3 Å². The Bertz CT molecular complexity index is 823. The molecule has 2 unspecified atom stereocenters. The normalized spacial score (nSPS) is 16.8. The summed E-state index contributed by atoms with van der Waals surface area (Å²) in [5.74, 6) is 0.958. The van der Waals surface area contributed by atoms with Crippen LogP contribution in [0.1, 0.15) is 23.1 Å². The molecule has 0 aromatic heterocycles. The summed E-state index contributed by atoms with van der Waals surface area (Å²) in [6.07, 6.45) is 10.6. The van der Waals surface area contributed by atoms with Gasteiger partial charge in [0, 0.05) is 11.8 Å². The van der Waals surface area contributed by atoms with Gasteiger partial charge >= 0.3 is 0 Å². The van der Waals surface area contributed by atoms with Gasteiger partial charge in [0.1, 0.15) is 5.75 Å². The van der Waals surface area contributed by atoms with Gasteiger partial charge in [-0.15, -0.1) is 0 Å². The number of para-hydroxylation sites is 1. The number of aryl methyl sites for hydroxylation is 1. The Kier molecular flexibility index (Phi) is 6.29. The highest BCUT2D eigenvalue weighted by molar-refractivity contribution is 7.56. The summed E-state index contributed by atoms with van der Waals surface area (Å²) >= 11 is 0. The van der Waals surface area contributed by atoms with Crippen LogP contribution in [0.4, 0.5) is 0 Å². The molecule has 0 heterocycles. The molecular formula is C23H28NOP. The molecule has 0 saturated heterocycles. The number of phenols is 1. The first-order valence-corrected chi connectivity index (χ1v) is 10.2. The number of hydrogen-bond acceptors (Lipinski definition) is 2. The van der Waals surface area contributed by atoms with Gasteiger partial charge in [-0.2, -0.15) is 0 Å². The van der Waals surface area contributed by atoms with E-state index >= 15 is 0 Å². The molecule has 0 amide bonds. The molecule has 0 spiro atoms. The van der Waals surface area contributed by atoms with Crippen molar-refractivity contribution in [1.29, 1.82) is 0 Å². The number of phenolic OH excluding ortho intramolecular Hbond substituents is 1. The van der Waals surface area contributed by atoms with E-state index in [-0.39, 0.29) is 0 Å². The largest absolute Gasteiger partial charge is 0.507 e. The van der Waals surface area contributed by atoms with E-state index in [1.165, 1.54) is 16.4 Å². The van der Waals surface area contributed by atoms with Crippen molar-refractivity contribution in [1.82, 2.24) is 4.90 Å². The molecule has 0 aliphatic heterocycles. The lowest BCUT2D eigenvalue weighted by Crippen LogP contribution is -2.19. The third-order valence-corrected chi connectivity index (χ3v) is 6.41. The minimum absolute atomic E-state index is 0.473. The fourth-order valence-electron chi connectivity index (χ4n) is 3.44. The fourth-order valence-corrected chi connectivity index (χ4v) is 4.77. The van der Waals surface area contributed by atoms with Gasteiger partial charge in [0.25, 0.3) is 0 Å². The quantitative estimate of drug-likeness (QED) is 0.780. The van der Waals surface area contributed by atoms with Crippen LogP contribution in [0.2, 0.25) is 0 Å². The molecule has 1 N–H and O–H groups in total. The predicted molar refractivity (Wildman–Crippen MR) is 114 cm³/mol. The molecule has 1 aliphatic carbocycles. The van der Waals surface area contributed by atoms with E-state index in [4.69, 9.17) is 0 Å². The highest BCUT2D eigenvalue weighted by Gasteiger charge is 2.15. The lowest BCUT2D eigenvalue weighted by Gasteiger charge is -2.19. The van der Waals surface area contributed by atoms with Crippen molar-refractivity contribution >= 4 is 19.2 Å². The molecule has 2 aromatic carbocycles. The summed E-state index contributed by atoms with van der Waals surface area (Å²) < 4.78 is 0. The average Bonchev–Trinajstić information content (AvgIpc) is 2.61. The second-order valence-electron chi connectivity index (χ2n) is 7.30. The van der Waals surface area contributed by atoms with Crippen molar-refractivity contribution in [2.75, 3.05) is 14.1 Å². The van der Waals surface area contributed by atoms with Gasteiger partial charge in [-0.05, 0) is 61.8 Å². The third-order valence-electron chi connectivity index (χ3n) is 4.78. The highest BCUT2D eigenvalue weighted by atomic mass is 31.1.